The van der Waals surface area contributed by atoms with Crippen LogP contribution in [0.5, 0.6) is 0 Å². The molecular weight excluding hydrogens is 392 g/mol. The van der Waals surface area contributed by atoms with E-state index in [4.69, 9.17) is 5.73 Å². The monoisotopic (exact) mass is 411 g/mol. The van der Waals surface area contributed by atoms with E-state index in [2.05, 4.69) is 10.4 Å². The highest BCUT2D eigenvalue weighted by atomic mass is 19.1. The quantitative estimate of drug-likeness (QED) is 0.690. The average Bonchev–Trinajstić information content (AvgIpc) is 3.13. The van der Waals surface area contributed by atoms with Crippen LogP contribution in [0, 0.1) is 5.82 Å². The van der Waals surface area contributed by atoms with Gasteiger partial charge < -0.3 is 16.0 Å². The predicted molar refractivity (Wildman–Crippen MR) is 107 cm³/mol. The van der Waals surface area contributed by atoms with Crippen LogP contribution in [-0.4, -0.2) is 33.2 Å². The first-order valence-corrected chi connectivity index (χ1v) is 9.32. The van der Waals surface area contributed by atoms with E-state index < -0.39 is 18.4 Å². The number of anilines is 1. The molecule has 1 aromatic heterocycles. The molecule has 3 N–H and O–H groups in total. The smallest absolute Gasteiger partial charge is 0.322 e. The van der Waals surface area contributed by atoms with Gasteiger partial charge in [-0.1, -0.05) is 24.3 Å². The molecule has 0 aliphatic carbocycles. The van der Waals surface area contributed by atoms with Gasteiger partial charge in [0.05, 0.1) is 24.3 Å². The zero-order valence-corrected chi connectivity index (χ0v) is 15.9. The van der Waals surface area contributed by atoms with Gasteiger partial charge in [-0.25, -0.2) is 13.6 Å². The van der Waals surface area contributed by atoms with Crippen LogP contribution in [-0.2, 0) is 19.8 Å². The SMILES string of the molecule is NC(=O)c1c(-c2cccc(F)c2)nn2c1CN(C(=O)Nc1cccc(CF)c1)CC2. The highest BCUT2D eigenvalue weighted by Crippen LogP contribution is 2.29. The van der Waals surface area contributed by atoms with Gasteiger partial charge in [0.15, 0.2) is 0 Å². The van der Waals surface area contributed by atoms with Crippen molar-refractivity contribution in [2.75, 3.05) is 11.9 Å². The molecule has 0 saturated heterocycles. The zero-order chi connectivity index (χ0) is 21.3. The Hall–Kier alpha value is -3.75. The molecule has 154 valence electrons. The summed E-state index contributed by atoms with van der Waals surface area (Å²) in [5, 5.41) is 7.17. The Morgan fingerprint density at radius 3 is 2.67 bits per heavy atom. The van der Waals surface area contributed by atoms with Crippen LogP contribution >= 0.6 is 0 Å². The van der Waals surface area contributed by atoms with Crippen LogP contribution in [0.3, 0.4) is 0 Å². The van der Waals surface area contributed by atoms with Crippen molar-refractivity contribution in [1.82, 2.24) is 14.7 Å². The molecule has 1 aliphatic heterocycles. The maximum Gasteiger partial charge on any atom is 0.322 e. The fourth-order valence-corrected chi connectivity index (χ4v) is 3.52. The molecule has 30 heavy (non-hydrogen) atoms. The highest BCUT2D eigenvalue weighted by molar-refractivity contribution is 6.00. The van der Waals surface area contributed by atoms with E-state index in [9.17, 15) is 18.4 Å². The molecule has 2 aromatic carbocycles. The summed E-state index contributed by atoms with van der Waals surface area (Å²) in [6, 6.07) is 11.9. The number of alkyl halides is 1. The molecule has 0 spiro atoms. The van der Waals surface area contributed by atoms with Gasteiger partial charge in [-0.2, -0.15) is 5.10 Å². The average molecular weight is 411 g/mol. The number of carbonyl (C=O) groups excluding carboxylic acids is 2. The van der Waals surface area contributed by atoms with Gasteiger partial charge in [-0.05, 0) is 29.8 Å². The van der Waals surface area contributed by atoms with Crippen LogP contribution in [0.2, 0.25) is 0 Å². The fraction of sp³-hybridized carbons (Fsp3) is 0.190. The van der Waals surface area contributed by atoms with Crippen LogP contribution in [0.4, 0.5) is 19.3 Å². The van der Waals surface area contributed by atoms with E-state index in [1.54, 1.807) is 35.0 Å². The fourth-order valence-electron chi connectivity index (χ4n) is 3.52. The van der Waals surface area contributed by atoms with E-state index in [0.717, 1.165) is 0 Å². The molecular formula is C21H19F2N5O2. The lowest BCUT2D eigenvalue weighted by Crippen LogP contribution is -2.41. The lowest BCUT2D eigenvalue weighted by Gasteiger charge is -2.28. The Labute approximate surface area is 171 Å². The molecule has 3 amide bonds. The summed E-state index contributed by atoms with van der Waals surface area (Å²) in [6.07, 6.45) is 0. The number of amides is 3. The summed E-state index contributed by atoms with van der Waals surface area (Å²) in [6.45, 7) is 0.180. The van der Waals surface area contributed by atoms with Crippen LogP contribution in [0.25, 0.3) is 11.3 Å². The minimum absolute atomic E-state index is 0.106. The number of hydrogen-bond donors (Lipinski definition) is 2. The number of nitrogens with one attached hydrogen (secondary N) is 1. The number of fused-ring (bicyclic) bond motifs is 1. The van der Waals surface area contributed by atoms with Crippen molar-refractivity contribution < 1.29 is 18.4 Å². The minimum Gasteiger partial charge on any atom is -0.365 e. The lowest BCUT2D eigenvalue weighted by molar-refractivity contribution is 0.0997. The largest absolute Gasteiger partial charge is 0.365 e. The number of rotatable bonds is 4. The Kier molecular flexibility index (Phi) is 5.18. The van der Waals surface area contributed by atoms with Gasteiger partial charge in [-0.15, -0.1) is 0 Å². The van der Waals surface area contributed by atoms with Crippen molar-refractivity contribution in [3.63, 3.8) is 0 Å². The molecule has 0 saturated carbocycles. The number of nitrogens with two attached hydrogens (primary N) is 1. The summed E-state index contributed by atoms with van der Waals surface area (Å²) in [5.41, 5.74) is 7.90. The van der Waals surface area contributed by atoms with Crippen LogP contribution in [0.15, 0.2) is 48.5 Å². The molecule has 0 unspecified atom stereocenters. The van der Waals surface area contributed by atoms with E-state index in [-0.39, 0.29) is 23.8 Å². The van der Waals surface area contributed by atoms with Crippen molar-refractivity contribution in [3.05, 3.63) is 71.2 Å². The van der Waals surface area contributed by atoms with Gasteiger partial charge in [0, 0.05) is 17.8 Å². The van der Waals surface area contributed by atoms with Crippen molar-refractivity contribution in [1.29, 1.82) is 0 Å². The Morgan fingerprint density at radius 2 is 1.93 bits per heavy atom. The number of primary amides is 1. The number of hydrogen-bond acceptors (Lipinski definition) is 3. The molecule has 7 nitrogen and oxygen atoms in total. The molecule has 0 atom stereocenters. The van der Waals surface area contributed by atoms with Crippen molar-refractivity contribution in [3.8, 4) is 11.3 Å². The van der Waals surface area contributed by atoms with E-state index in [1.807, 2.05) is 0 Å². The Balaban J connectivity index is 1.61. The number of nitrogens with zero attached hydrogens (tertiary/aromatic N) is 3. The molecule has 0 bridgehead atoms. The molecule has 3 aromatic rings. The lowest BCUT2D eigenvalue weighted by atomic mass is 10.0. The second kappa shape index (κ2) is 7.94. The second-order valence-corrected chi connectivity index (χ2v) is 6.95. The highest BCUT2D eigenvalue weighted by Gasteiger charge is 2.29. The number of halogens is 2. The molecule has 0 fully saturated rings. The number of urea groups is 1. The van der Waals surface area contributed by atoms with Crippen molar-refractivity contribution >= 4 is 17.6 Å². The third kappa shape index (κ3) is 3.73. The van der Waals surface area contributed by atoms with Crippen LogP contribution < -0.4 is 11.1 Å². The maximum atomic E-state index is 13.7. The van der Waals surface area contributed by atoms with Crippen LogP contribution in [0.1, 0.15) is 21.6 Å². The summed E-state index contributed by atoms with van der Waals surface area (Å²) in [4.78, 5) is 26.4. The summed E-state index contributed by atoms with van der Waals surface area (Å²) < 4.78 is 28.1. The molecule has 4 rings (SSSR count). The number of aromatic nitrogens is 2. The third-order valence-electron chi connectivity index (χ3n) is 4.94. The molecule has 0 radical (unpaired) electrons. The van der Waals surface area contributed by atoms with Gasteiger partial charge in [0.2, 0.25) is 0 Å². The van der Waals surface area contributed by atoms with Crippen molar-refractivity contribution in [2.24, 2.45) is 5.73 Å². The van der Waals surface area contributed by atoms with E-state index in [0.29, 0.717) is 35.6 Å². The Morgan fingerprint density at radius 1 is 1.13 bits per heavy atom. The second-order valence-electron chi connectivity index (χ2n) is 6.95. The van der Waals surface area contributed by atoms with Gasteiger partial charge >= 0.3 is 6.03 Å². The third-order valence-corrected chi connectivity index (χ3v) is 4.94. The summed E-state index contributed by atoms with van der Waals surface area (Å²) >= 11 is 0. The number of carbonyl (C=O) groups is 2. The van der Waals surface area contributed by atoms with Gasteiger partial charge in [-0.3, -0.25) is 9.48 Å². The Bertz CT molecular complexity index is 1130. The first-order valence-electron chi connectivity index (χ1n) is 9.32. The summed E-state index contributed by atoms with van der Waals surface area (Å²) in [7, 11) is 0. The minimum atomic E-state index is -0.701. The van der Waals surface area contributed by atoms with Gasteiger partial charge in [0.1, 0.15) is 18.2 Å². The van der Waals surface area contributed by atoms with E-state index in [1.165, 1.54) is 23.1 Å². The zero-order valence-electron chi connectivity index (χ0n) is 15.9. The molecule has 2 heterocycles. The maximum absolute atomic E-state index is 13.7. The topological polar surface area (TPSA) is 93.2 Å². The molecule has 1 aliphatic rings. The predicted octanol–water partition coefficient (Wildman–Crippen LogP) is 3.31. The van der Waals surface area contributed by atoms with E-state index >= 15 is 0 Å². The van der Waals surface area contributed by atoms with Gasteiger partial charge in [0.25, 0.3) is 5.91 Å². The van der Waals surface area contributed by atoms with Crippen molar-refractivity contribution in [2.45, 2.75) is 19.8 Å². The normalized spacial score (nSPS) is 13.1. The standard InChI is InChI=1S/C21H19F2N5O2/c22-11-13-3-1-6-16(9-13)25-21(30)27-7-8-28-17(12-27)18(20(24)29)19(26-28)14-4-2-5-15(23)10-14/h1-6,9-10H,7-8,11-12H2,(H2,24,29)(H,25,30). The first kappa shape index (κ1) is 19.6. The number of benzene rings is 2. The first-order chi connectivity index (χ1) is 14.5. The molecule has 9 heteroatoms. The summed E-state index contributed by atoms with van der Waals surface area (Å²) in [5.74, 6) is -1.15.